The molecule has 8 heteroatoms. The standard InChI is InChI=1S/C33H38FN3O4/c1-3-37(29-6-4-5-7-31(29)40-2)33(39)28-13-8-24(23-35-18-20-41-21-19-35)22-30(28)36-16-14-26(15-17-36)32(38)25-9-11-27(34)12-10-25/h4-13,22,26H,3,14-21,23H2,1-2H3. The summed E-state index contributed by atoms with van der Waals surface area (Å²) in [6.45, 7) is 7.75. The summed E-state index contributed by atoms with van der Waals surface area (Å²) in [5.74, 6) is 0.131. The van der Waals surface area contributed by atoms with Crippen molar-refractivity contribution in [3.8, 4) is 5.75 Å². The van der Waals surface area contributed by atoms with Gasteiger partial charge in [-0.3, -0.25) is 14.5 Å². The second kappa shape index (κ2) is 13.3. The van der Waals surface area contributed by atoms with Crippen LogP contribution >= 0.6 is 0 Å². The van der Waals surface area contributed by atoms with E-state index < -0.39 is 0 Å². The van der Waals surface area contributed by atoms with Gasteiger partial charge in [0.05, 0.1) is 31.6 Å². The van der Waals surface area contributed by atoms with E-state index in [-0.39, 0.29) is 23.4 Å². The van der Waals surface area contributed by atoms with Crippen LogP contribution in [0.4, 0.5) is 15.8 Å². The van der Waals surface area contributed by atoms with Gasteiger partial charge in [-0.05, 0) is 73.9 Å². The zero-order valence-electron chi connectivity index (χ0n) is 23.9. The van der Waals surface area contributed by atoms with Gasteiger partial charge in [0.25, 0.3) is 5.91 Å². The number of hydrogen-bond acceptors (Lipinski definition) is 6. The molecule has 2 saturated heterocycles. The molecule has 2 heterocycles. The van der Waals surface area contributed by atoms with E-state index in [1.54, 1.807) is 24.1 Å². The Hall–Kier alpha value is -3.75. The molecule has 0 unspecified atom stereocenters. The van der Waals surface area contributed by atoms with Crippen LogP contribution in [-0.4, -0.2) is 69.6 Å². The maximum atomic E-state index is 14.1. The number of para-hydroxylation sites is 2. The highest BCUT2D eigenvalue weighted by atomic mass is 19.1. The molecule has 0 aliphatic carbocycles. The SMILES string of the molecule is CCN(C(=O)c1ccc(CN2CCOCC2)cc1N1CCC(C(=O)c2ccc(F)cc2)CC1)c1ccccc1OC. The first kappa shape index (κ1) is 28.8. The van der Waals surface area contributed by atoms with Crippen molar-refractivity contribution in [2.75, 3.05) is 62.8 Å². The van der Waals surface area contributed by atoms with E-state index in [2.05, 4.69) is 15.9 Å². The number of carbonyl (C=O) groups is 2. The molecule has 1 amide bonds. The maximum Gasteiger partial charge on any atom is 0.260 e. The topological polar surface area (TPSA) is 62.3 Å². The molecule has 2 aliphatic rings. The monoisotopic (exact) mass is 559 g/mol. The van der Waals surface area contributed by atoms with Crippen molar-refractivity contribution in [2.24, 2.45) is 5.92 Å². The number of morpholine rings is 1. The zero-order chi connectivity index (χ0) is 28.8. The number of nitrogens with zero attached hydrogens (tertiary/aromatic N) is 3. The summed E-state index contributed by atoms with van der Waals surface area (Å²) in [4.78, 5) is 33.6. The Morgan fingerprint density at radius 2 is 1.68 bits per heavy atom. The molecular weight excluding hydrogens is 521 g/mol. The molecule has 0 radical (unpaired) electrons. The van der Waals surface area contributed by atoms with Crippen molar-refractivity contribution in [3.63, 3.8) is 0 Å². The minimum atomic E-state index is -0.347. The lowest BCUT2D eigenvalue weighted by molar-refractivity contribution is 0.0342. The number of ether oxygens (including phenoxy) is 2. The summed E-state index contributed by atoms with van der Waals surface area (Å²) in [5.41, 5.74) is 3.94. The second-order valence-electron chi connectivity index (χ2n) is 10.6. The quantitative estimate of drug-likeness (QED) is 0.326. The Morgan fingerprint density at radius 3 is 2.37 bits per heavy atom. The zero-order valence-corrected chi connectivity index (χ0v) is 23.9. The van der Waals surface area contributed by atoms with E-state index in [1.165, 1.54) is 12.1 Å². The summed E-state index contributed by atoms with van der Waals surface area (Å²) in [6, 6.07) is 19.5. The number of amides is 1. The molecule has 7 nitrogen and oxygen atoms in total. The number of Topliss-reactive ketones (excluding diaryl/α,β-unsaturated/α-hetero) is 1. The number of halogens is 1. The third-order valence-corrected chi connectivity index (χ3v) is 8.07. The van der Waals surface area contributed by atoms with E-state index in [4.69, 9.17) is 9.47 Å². The molecule has 0 aromatic heterocycles. The van der Waals surface area contributed by atoms with Crippen molar-refractivity contribution < 1.29 is 23.5 Å². The lowest BCUT2D eigenvalue weighted by Crippen LogP contribution is -2.39. The number of rotatable bonds is 9. The third-order valence-electron chi connectivity index (χ3n) is 8.07. The number of methoxy groups -OCH3 is 1. The molecule has 216 valence electrons. The van der Waals surface area contributed by atoms with Crippen molar-refractivity contribution in [1.82, 2.24) is 4.90 Å². The average Bonchev–Trinajstić information content (AvgIpc) is 3.02. The highest BCUT2D eigenvalue weighted by Gasteiger charge is 2.30. The number of benzene rings is 3. The molecule has 0 N–H and O–H groups in total. The Morgan fingerprint density at radius 1 is 0.976 bits per heavy atom. The van der Waals surface area contributed by atoms with E-state index >= 15 is 0 Å². The number of ketones is 1. The first-order valence-electron chi connectivity index (χ1n) is 14.4. The van der Waals surface area contributed by atoms with E-state index in [9.17, 15) is 14.0 Å². The molecule has 41 heavy (non-hydrogen) atoms. The first-order chi connectivity index (χ1) is 20.0. The van der Waals surface area contributed by atoms with E-state index in [0.29, 0.717) is 49.4 Å². The van der Waals surface area contributed by atoms with Crippen LogP contribution in [0.5, 0.6) is 5.75 Å². The van der Waals surface area contributed by atoms with Gasteiger partial charge in [0.2, 0.25) is 0 Å². The van der Waals surface area contributed by atoms with Crippen LogP contribution in [0.15, 0.2) is 66.7 Å². The van der Waals surface area contributed by atoms with E-state index in [0.717, 1.165) is 49.8 Å². The fourth-order valence-corrected chi connectivity index (χ4v) is 5.79. The minimum Gasteiger partial charge on any atom is -0.495 e. The van der Waals surface area contributed by atoms with Gasteiger partial charge in [-0.15, -0.1) is 0 Å². The Kier molecular flexibility index (Phi) is 9.31. The molecular formula is C33H38FN3O4. The molecule has 5 rings (SSSR count). The number of carbonyl (C=O) groups excluding carboxylic acids is 2. The van der Waals surface area contributed by atoms with E-state index in [1.807, 2.05) is 43.3 Å². The first-order valence-corrected chi connectivity index (χ1v) is 14.4. The second-order valence-corrected chi connectivity index (χ2v) is 10.6. The minimum absolute atomic E-state index is 0.0512. The Bertz CT molecular complexity index is 1350. The Balaban J connectivity index is 1.41. The van der Waals surface area contributed by atoms with Gasteiger partial charge in [-0.1, -0.05) is 18.2 Å². The van der Waals surface area contributed by atoms with Gasteiger partial charge in [-0.25, -0.2) is 4.39 Å². The van der Waals surface area contributed by atoms with Crippen molar-refractivity contribution in [1.29, 1.82) is 0 Å². The summed E-state index contributed by atoms with van der Waals surface area (Å²) in [7, 11) is 1.61. The van der Waals surface area contributed by atoms with Crippen molar-refractivity contribution in [2.45, 2.75) is 26.3 Å². The molecule has 2 aliphatic heterocycles. The van der Waals surface area contributed by atoms with Crippen LogP contribution in [-0.2, 0) is 11.3 Å². The lowest BCUT2D eigenvalue weighted by atomic mass is 9.88. The van der Waals surface area contributed by atoms with Crippen LogP contribution in [0.2, 0.25) is 0 Å². The molecule has 0 spiro atoms. The Labute approximate surface area is 241 Å². The fourth-order valence-electron chi connectivity index (χ4n) is 5.79. The average molecular weight is 560 g/mol. The van der Waals surface area contributed by atoms with Crippen molar-refractivity contribution in [3.05, 3.63) is 89.2 Å². The maximum absolute atomic E-state index is 14.1. The van der Waals surface area contributed by atoms with Gasteiger partial charge in [-0.2, -0.15) is 0 Å². The normalized spacial score (nSPS) is 16.4. The third kappa shape index (κ3) is 6.60. The molecule has 3 aromatic carbocycles. The number of hydrogen-bond donors (Lipinski definition) is 0. The molecule has 0 saturated carbocycles. The molecule has 0 bridgehead atoms. The fraction of sp³-hybridized carbons (Fsp3) is 0.394. The highest BCUT2D eigenvalue weighted by Crippen LogP contribution is 2.34. The van der Waals surface area contributed by atoms with Crippen LogP contribution in [0.3, 0.4) is 0 Å². The molecule has 0 atom stereocenters. The summed E-state index contributed by atoms with van der Waals surface area (Å²) in [6.07, 6.45) is 1.34. The van der Waals surface area contributed by atoms with Crippen molar-refractivity contribution >= 4 is 23.1 Å². The largest absolute Gasteiger partial charge is 0.495 e. The summed E-state index contributed by atoms with van der Waals surface area (Å²) in [5, 5.41) is 0. The number of piperidine rings is 1. The molecule has 2 fully saturated rings. The number of anilines is 2. The van der Waals surface area contributed by atoms with Crippen LogP contribution in [0.1, 0.15) is 46.0 Å². The van der Waals surface area contributed by atoms with Gasteiger partial charge in [0, 0.05) is 56.4 Å². The summed E-state index contributed by atoms with van der Waals surface area (Å²) < 4.78 is 24.5. The van der Waals surface area contributed by atoms with Crippen LogP contribution in [0.25, 0.3) is 0 Å². The highest BCUT2D eigenvalue weighted by molar-refractivity contribution is 6.10. The predicted octanol–water partition coefficient (Wildman–Crippen LogP) is 5.43. The van der Waals surface area contributed by atoms with Crippen LogP contribution in [0, 0.1) is 11.7 Å². The smallest absolute Gasteiger partial charge is 0.260 e. The lowest BCUT2D eigenvalue weighted by Gasteiger charge is -2.35. The van der Waals surface area contributed by atoms with Gasteiger partial charge in [0.15, 0.2) is 5.78 Å². The van der Waals surface area contributed by atoms with Gasteiger partial charge >= 0.3 is 0 Å². The van der Waals surface area contributed by atoms with Gasteiger partial charge < -0.3 is 19.3 Å². The summed E-state index contributed by atoms with van der Waals surface area (Å²) >= 11 is 0. The predicted molar refractivity (Wildman–Crippen MR) is 159 cm³/mol. The van der Waals surface area contributed by atoms with Crippen LogP contribution < -0.4 is 14.5 Å². The molecule has 3 aromatic rings. The van der Waals surface area contributed by atoms with Gasteiger partial charge in [0.1, 0.15) is 11.6 Å².